The molecule has 2 N–H and O–H groups in total. The molecular formula is C18H20ClF3N6S. The Bertz CT molecular complexity index is 936. The summed E-state index contributed by atoms with van der Waals surface area (Å²) >= 11 is 1.44. The molecule has 2 aliphatic rings. The number of nitrogens with zero attached hydrogens (tertiary/aromatic N) is 5. The summed E-state index contributed by atoms with van der Waals surface area (Å²) in [7, 11) is 0. The van der Waals surface area contributed by atoms with Crippen LogP contribution in [0.15, 0.2) is 29.5 Å². The molecule has 11 heteroatoms. The fourth-order valence-electron chi connectivity index (χ4n) is 3.69. The lowest BCUT2D eigenvalue weighted by atomic mass is 9.85. The van der Waals surface area contributed by atoms with Crippen LogP contribution in [-0.4, -0.2) is 39.0 Å². The van der Waals surface area contributed by atoms with Gasteiger partial charge in [0.15, 0.2) is 11.0 Å². The van der Waals surface area contributed by atoms with Crippen molar-refractivity contribution < 1.29 is 13.2 Å². The molecule has 0 bridgehead atoms. The van der Waals surface area contributed by atoms with Crippen LogP contribution >= 0.6 is 24.2 Å². The van der Waals surface area contributed by atoms with Gasteiger partial charge in [-0.25, -0.2) is 28.1 Å². The number of fused-ring (bicyclic) bond motifs is 1. The van der Waals surface area contributed by atoms with Gasteiger partial charge >= 0.3 is 0 Å². The molecule has 2 atom stereocenters. The first kappa shape index (κ1) is 21.6. The number of amidine groups is 1. The third kappa shape index (κ3) is 3.87. The normalized spacial score (nSPS) is 24.0. The predicted molar refractivity (Wildman–Crippen MR) is 109 cm³/mol. The zero-order valence-electron chi connectivity index (χ0n) is 15.8. The van der Waals surface area contributed by atoms with E-state index in [9.17, 15) is 13.2 Å². The van der Waals surface area contributed by atoms with Crippen LogP contribution in [0, 0.1) is 17.6 Å². The molecule has 1 saturated heterocycles. The van der Waals surface area contributed by atoms with Crippen molar-refractivity contribution in [2.24, 2.45) is 16.6 Å². The average molecular weight is 445 g/mol. The standard InChI is InChI=1S/C18H19F3N6S.ClH/c1-17(2,21)14-12(20)6-24-16(25-14)27-7-10-8-28-15(22)26-18(10,9-27)13-4-3-11(19)5-23-13;/h3-6,10H,7-9H2,1-2H3,(H2,22,26);1H/t10-,18?;/m0./s1. The van der Waals surface area contributed by atoms with E-state index in [1.54, 1.807) is 6.07 Å². The Morgan fingerprint density at radius 2 is 2.00 bits per heavy atom. The van der Waals surface area contributed by atoms with E-state index in [0.717, 1.165) is 12.4 Å². The van der Waals surface area contributed by atoms with Crippen molar-refractivity contribution in [1.82, 2.24) is 15.0 Å². The molecule has 2 aliphatic heterocycles. The Kier molecular flexibility index (Phi) is 5.70. The average Bonchev–Trinajstić information content (AvgIpc) is 3.01. The van der Waals surface area contributed by atoms with Gasteiger partial charge < -0.3 is 10.6 Å². The molecule has 156 valence electrons. The van der Waals surface area contributed by atoms with E-state index in [4.69, 9.17) is 5.73 Å². The second-order valence-electron chi connectivity index (χ2n) is 7.46. The summed E-state index contributed by atoms with van der Waals surface area (Å²) in [4.78, 5) is 18.9. The van der Waals surface area contributed by atoms with E-state index >= 15 is 0 Å². The maximum Gasteiger partial charge on any atom is 0.225 e. The summed E-state index contributed by atoms with van der Waals surface area (Å²) in [6.07, 6.45) is 2.13. The minimum Gasteiger partial charge on any atom is -0.379 e. The van der Waals surface area contributed by atoms with Gasteiger partial charge in [0.1, 0.15) is 22.7 Å². The summed E-state index contributed by atoms with van der Waals surface area (Å²) < 4.78 is 41.7. The first-order valence-electron chi connectivity index (χ1n) is 8.76. The molecule has 0 aromatic carbocycles. The lowest BCUT2D eigenvalue weighted by Crippen LogP contribution is -2.40. The van der Waals surface area contributed by atoms with E-state index in [1.807, 2.05) is 4.90 Å². The summed E-state index contributed by atoms with van der Waals surface area (Å²) in [5.74, 6) is -0.311. The summed E-state index contributed by atoms with van der Waals surface area (Å²) in [6, 6.07) is 2.93. The van der Waals surface area contributed by atoms with Gasteiger partial charge in [-0.3, -0.25) is 4.98 Å². The molecule has 29 heavy (non-hydrogen) atoms. The third-order valence-electron chi connectivity index (χ3n) is 5.04. The van der Waals surface area contributed by atoms with Crippen molar-refractivity contribution in [2.75, 3.05) is 23.7 Å². The maximum atomic E-state index is 14.3. The van der Waals surface area contributed by atoms with Gasteiger partial charge in [-0.1, -0.05) is 11.8 Å². The number of pyridine rings is 1. The van der Waals surface area contributed by atoms with Gasteiger partial charge in [-0.05, 0) is 26.0 Å². The van der Waals surface area contributed by atoms with Crippen molar-refractivity contribution in [2.45, 2.75) is 25.1 Å². The fraction of sp³-hybridized carbons (Fsp3) is 0.444. The highest BCUT2D eigenvalue weighted by molar-refractivity contribution is 8.13. The molecule has 2 aromatic heterocycles. The lowest BCUT2D eigenvalue weighted by molar-refractivity contribution is 0.205. The van der Waals surface area contributed by atoms with Gasteiger partial charge in [0.25, 0.3) is 0 Å². The van der Waals surface area contributed by atoms with E-state index in [1.165, 1.54) is 31.7 Å². The quantitative estimate of drug-likeness (QED) is 0.783. The van der Waals surface area contributed by atoms with Gasteiger partial charge in [-0.15, -0.1) is 12.4 Å². The monoisotopic (exact) mass is 444 g/mol. The number of rotatable bonds is 3. The predicted octanol–water partition coefficient (Wildman–Crippen LogP) is 3.17. The zero-order chi connectivity index (χ0) is 20.1. The molecule has 4 heterocycles. The van der Waals surface area contributed by atoms with Crippen LogP contribution in [-0.2, 0) is 11.2 Å². The number of aliphatic imine (C=N–C) groups is 1. The van der Waals surface area contributed by atoms with Crippen molar-refractivity contribution in [3.63, 3.8) is 0 Å². The molecule has 0 amide bonds. The summed E-state index contributed by atoms with van der Waals surface area (Å²) in [5, 5.41) is 0.426. The van der Waals surface area contributed by atoms with Crippen LogP contribution in [0.4, 0.5) is 19.1 Å². The van der Waals surface area contributed by atoms with Gasteiger partial charge in [0.05, 0.1) is 24.6 Å². The Morgan fingerprint density at radius 3 is 2.66 bits per heavy atom. The summed E-state index contributed by atoms with van der Waals surface area (Å²) in [5.41, 5.74) is 3.57. The van der Waals surface area contributed by atoms with Crippen molar-refractivity contribution in [1.29, 1.82) is 0 Å². The van der Waals surface area contributed by atoms with Crippen molar-refractivity contribution >= 4 is 35.3 Å². The molecule has 6 nitrogen and oxygen atoms in total. The number of hydrogen-bond donors (Lipinski definition) is 1. The highest BCUT2D eigenvalue weighted by Gasteiger charge is 2.52. The zero-order valence-corrected chi connectivity index (χ0v) is 17.4. The van der Waals surface area contributed by atoms with Gasteiger partial charge in [0.2, 0.25) is 5.95 Å². The fourth-order valence-corrected chi connectivity index (χ4v) is 4.67. The number of nitrogens with two attached hydrogens (primary N) is 1. The first-order chi connectivity index (χ1) is 13.2. The topological polar surface area (TPSA) is 80.3 Å². The molecule has 0 saturated carbocycles. The van der Waals surface area contributed by atoms with Crippen LogP contribution in [0.1, 0.15) is 25.2 Å². The molecule has 4 rings (SSSR count). The van der Waals surface area contributed by atoms with E-state index in [-0.39, 0.29) is 30.0 Å². The minimum absolute atomic E-state index is 0. The highest BCUT2D eigenvalue weighted by Crippen LogP contribution is 2.45. The van der Waals surface area contributed by atoms with Crippen LogP contribution < -0.4 is 10.6 Å². The van der Waals surface area contributed by atoms with E-state index < -0.39 is 22.8 Å². The number of halogens is 4. The Morgan fingerprint density at radius 1 is 1.24 bits per heavy atom. The van der Waals surface area contributed by atoms with Crippen molar-refractivity contribution in [3.05, 3.63) is 47.5 Å². The molecule has 2 aromatic rings. The van der Waals surface area contributed by atoms with Crippen LogP contribution in [0.25, 0.3) is 0 Å². The van der Waals surface area contributed by atoms with E-state index in [2.05, 4.69) is 19.9 Å². The lowest BCUT2D eigenvalue weighted by Gasteiger charge is -2.33. The van der Waals surface area contributed by atoms with Gasteiger partial charge in [-0.2, -0.15) is 0 Å². The SMILES string of the molecule is CC(C)(F)c1nc(N2C[C@H]3CSC(N)=NC3(c3ccc(F)cn3)C2)ncc1F.Cl. The number of alkyl halides is 1. The number of anilines is 1. The van der Waals surface area contributed by atoms with Gasteiger partial charge in [0, 0.05) is 18.2 Å². The Hall–Kier alpha value is -2.07. The first-order valence-corrected chi connectivity index (χ1v) is 9.74. The molecule has 1 fully saturated rings. The highest BCUT2D eigenvalue weighted by atomic mass is 35.5. The summed E-state index contributed by atoms with van der Waals surface area (Å²) in [6.45, 7) is 3.34. The molecule has 1 unspecified atom stereocenters. The van der Waals surface area contributed by atoms with E-state index in [0.29, 0.717) is 29.7 Å². The van der Waals surface area contributed by atoms with Crippen molar-refractivity contribution in [3.8, 4) is 0 Å². The Labute approximate surface area is 176 Å². The van der Waals surface area contributed by atoms with Crippen LogP contribution in [0.2, 0.25) is 0 Å². The molecule has 0 radical (unpaired) electrons. The van der Waals surface area contributed by atoms with Crippen LogP contribution in [0.3, 0.4) is 0 Å². The number of aromatic nitrogens is 3. The molecule has 0 aliphatic carbocycles. The third-order valence-corrected chi connectivity index (χ3v) is 5.99. The van der Waals surface area contributed by atoms with Crippen LogP contribution in [0.5, 0.6) is 0 Å². The maximum absolute atomic E-state index is 14.3. The largest absolute Gasteiger partial charge is 0.379 e. The second kappa shape index (κ2) is 7.64. The molecular weight excluding hydrogens is 425 g/mol. The second-order valence-corrected chi connectivity index (χ2v) is 8.50. The smallest absolute Gasteiger partial charge is 0.225 e. The number of thioether (sulfide) groups is 1. The number of hydrogen-bond acceptors (Lipinski definition) is 7. The molecule has 0 spiro atoms. The Balaban J connectivity index is 0.00000240. The minimum atomic E-state index is -1.94.